The molecule has 0 bridgehead atoms. The van der Waals surface area contributed by atoms with Gasteiger partial charge in [-0.25, -0.2) is 24.8 Å². The van der Waals surface area contributed by atoms with Gasteiger partial charge >= 0.3 is 0 Å². The topological polar surface area (TPSA) is 119 Å². The third kappa shape index (κ3) is 5.75. The maximum atomic E-state index is 14.2. The van der Waals surface area contributed by atoms with Gasteiger partial charge in [-0.15, -0.1) is 0 Å². The second-order valence-corrected chi connectivity index (χ2v) is 24.0. The summed E-state index contributed by atoms with van der Waals surface area (Å²) >= 11 is 0. The molecule has 0 N–H and O–H groups in total. The highest BCUT2D eigenvalue weighted by Crippen LogP contribution is 2.64. The van der Waals surface area contributed by atoms with Crippen LogP contribution in [0.15, 0.2) is 107 Å². The van der Waals surface area contributed by atoms with E-state index in [1.165, 1.54) is 0 Å². The van der Waals surface area contributed by atoms with Crippen LogP contribution in [0, 0.1) is 49.4 Å². The van der Waals surface area contributed by atoms with Gasteiger partial charge in [0.15, 0.2) is 0 Å². The number of amides is 2. The minimum Gasteiger partial charge on any atom is -0.331 e. The van der Waals surface area contributed by atoms with Gasteiger partial charge < -0.3 is 9.80 Å². The number of aryl methyl sites for hydroxylation is 2. The van der Waals surface area contributed by atoms with Crippen LogP contribution in [0.2, 0.25) is 0 Å². The van der Waals surface area contributed by atoms with Gasteiger partial charge in [-0.3, -0.25) is 9.59 Å². The van der Waals surface area contributed by atoms with Crippen molar-refractivity contribution in [3.8, 4) is 0 Å². The van der Waals surface area contributed by atoms with Crippen LogP contribution in [0.5, 0.6) is 0 Å². The lowest BCUT2D eigenvalue weighted by molar-refractivity contribution is -0.133. The van der Waals surface area contributed by atoms with Gasteiger partial charge in [0.05, 0.1) is 43.3 Å². The Morgan fingerprint density at radius 2 is 0.909 bits per heavy atom. The lowest BCUT2D eigenvalue weighted by atomic mass is 9.77. The molecule has 10 nitrogen and oxygen atoms in total. The molecule has 2 amide bonds. The maximum Gasteiger partial charge on any atom is 0.268 e. The van der Waals surface area contributed by atoms with Crippen LogP contribution < -0.4 is 0 Å². The van der Waals surface area contributed by atoms with E-state index in [9.17, 15) is 26.4 Å². The molecule has 2 aliphatic carbocycles. The molecule has 2 spiro atoms. The van der Waals surface area contributed by atoms with Crippen LogP contribution in [0.3, 0.4) is 0 Å². The van der Waals surface area contributed by atoms with Crippen molar-refractivity contribution in [1.29, 1.82) is 0 Å². The van der Waals surface area contributed by atoms with E-state index in [4.69, 9.17) is 0 Å². The molecule has 4 aliphatic heterocycles. The summed E-state index contributed by atoms with van der Waals surface area (Å²) in [5, 5.41) is 2.01. The lowest BCUT2D eigenvalue weighted by Gasteiger charge is -2.44. The first-order chi connectivity index (χ1) is 31.6. The molecule has 344 valence electrons. The summed E-state index contributed by atoms with van der Waals surface area (Å²) in [7, 11) is -7.69. The second kappa shape index (κ2) is 15.2. The maximum absolute atomic E-state index is 14.2. The molecular formula is C54H60N4O6S2. The Bertz CT molecular complexity index is 2990. The van der Waals surface area contributed by atoms with Crippen LogP contribution in [-0.4, -0.2) is 59.5 Å². The molecule has 12 rings (SSSR count). The molecule has 6 heterocycles. The fraction of sp³-hybridized carbons (Fsp3) is 0.444. The normalized spacial score (nSPS) is 28.8. The summed E-state index contributed by atoms with van der Waals surface area (Å²) in [6.45, 7) is 14.2. The van der Waals surface area contributed by atoms with Crippen LogP contribution in [0.4, 0.5) is 0 Å². The fourth-order valence-corrected chi connectivity index (χ4v) is 18.0. The Hall–Kier alpha value is -5.20. The van der Waals surface area contributed by atoms with E-state index in [0.29, 0.717) is 72.2 Å². The summed E-state index contributed by atoms with van der Waals surface area (Å²) in [6.07, 6.45) is 6.10. The first kappa shape index (κ1) is 43.4. The van der Waals surface area contributed by atoms with Crippen molar-refractivity contribution < 1.29 is 26.4 Å². The predicted molar refractivity (Wildman–Crippen MR) is 257 cm³/mol. The van der Waals surface area contributed by atoms with E-state index in [2.05, 4.69) is 27.7 Å². The third-order valence-corrected chi connectivity index (χ3v) is 20.7. The van der Waals surface area contributed by atoms with Gasteiger partial charge in [-0.05, 0) is 123 Å². The van der Waals surface area contributed by atoms with Gasteiger partial charge in [-0.2, -0.15) is 0 Å². The minimum atomic E-state index is -3.84. The van der Waals surface area contributed by atoms with E-state index in [1.807, 2.05) is 96.4 Å². The fourth-order valence-electron chi connectivity index (χ4n) is 14.7. The van der Waals surface area contributed by atoms with Crippen LogP contribution in [0.1, 0.15) is 99.9 Å². The summed E-state index contributed by atoms with van der Waals surface area (Å²) < 4.78 is 60.2. The quantitative estimate of drug-likeness (QED) is 0.164. The monoisotopic (exact) mass is 924 g/mol. The molecule has 6 aromatic rings. The molecule has 6 aliphatic rings. The standard InChI is InChI=1S/2C27H30N2O3S/c2*1-4-20-18(3)16-27-23(20)15-25(30)28(27)14-13-22-21-7-5-6-8-24(21)29(26(22)27)33(31,32)19-11-9-17(2)10-12-19/h2*5-12,18,20,23H,4,13-16H2,1-3H3/t2*18-,20+,23?,27?/m10/s1. The average Bonchev–Trinajstić information content (AvgIpc) is 4.10. The minimum absolute atomic E-state index is 0.153. The van der Waals surface area contributed by atoms with Crippen molar-refractivity contribution in [1.82, 2.24) is 17.7 Å². The zero-order chi connectivity index (χ0) is 46.2. The number of carbonyl (C=O) groups is 2. The van der Waals surface area contributed by atoms with Crippen molar-refractivity contribution in [2.45, 2.75) is 114 Å². The number of hydrogen-bond acceptors (Lipinski definition) is 6. The van der Waals surface area contributed by atoms with E-state index in [1.54, 1.807) is 32.2 Å². The number of hydrogen-bond donors (Lipinski definition) is 0. The molecule has 4 aromatic carbocycles. The molecule has 66 heavy (non-hydrogen) atoms. The average molecular weight is 925 g/mol. The number of benzene rings is 4. The van der Waals surface area contributed by atoms with Gasteiger partial charge in [-0.1, -0.05) is 112 Å². The van der Waals surface area contributed by atoms with Crippen LogP contribution in [0.25, 0.3) is 21.8 Å². The lowest BCUT2D eigenvalue weighted by Crippen LogP contribution is -2.51. The Balaban J connectivity index is 0.000000146. The van der Waals surface area contributed by atoms with Gasteiger partial charge in [0.25, 0.3) is 20.0 Å². The molecule has 8 atom stereocenters. The van der Waals surface area contributed by atoms with Crippen molar-refractivity contribution >= 4 is 53.7 Å². The predicted octanol–water partition coefficient (Wildman–Crippen LogP) is 9.71. The number of para-hydroxylation sites is 2. The van der Waals surface area contributed by atoms with E-state index < -0.39 is 31.1 Å². The molecule has 4 fully saturated rings. The van der Waals surface area contributed by atoms with Crippen molar-refractivity contribution in [3.05, 3.63) is 131 Å². The second-order valence-electron chi connectivity index (χ2n) is 20.4. The largest absolute Gasteiger partial charge is 0.331 e. The highest BCUT2D eigenvalue weighted by atomic mass is 32.2. The zero-order valence-electron chi connectivity index (χ0n) is 38.8. The summed E-state index contributed by atoms with van der Waals surface area (Å²) in [5.74, 6) is 2.38. The number of fused-ring (bicyclic) bond motifs is 6. The number of rotatable bonds is 6. The SMILES string of the molecule is CC[C@@H]1C2CC(=O)N3CCc4c(n(S(=O)(=O)c5ccc(C)cc5)c5ccccc45)C23C[C@H]1C.CC[C@H]1C2CC(=O)N3CCc4c(n(S(=O)(=O)c5ccc(C)cc5)c5ccccc45)C23C[C@@H]1C. The highest BCUT2D eigenvalue weighted by Gasteiger charge is 2.66. The van der Waals surface area contributed by atoms with E-state index in [-0.39, 0.29) is 23.7 Å². The van der Waals surface area contributed by atoms with Gasteiger partial charge in [0.2, 0.25) is 11.8 Å². The summed E-state index contributed by atoms with van der Waals surface area (Å²) in [4.78, 5) is 31.2. The van der Waals surface area contributed by atoms with E-state index >= 15 is 0 Å². The zero-order valence-corrected chi connectivity index (χ0v) is 40.5. The molecule has 2 saturated carbocycles. The van der Waals surface area contributed by atoms with Crippen LogP contribution >= 0.6 is 0 Å². The van der Waals surface area contributed by atoms with Crippen molar-refractivity contribution in [2.24, 2.45) is 35.5 Å². The molecule has 2 aromatic heterocycles. The smallest absolute Gasteiger partial charge is 0.268 e. The molecule has 4 unspecified atom stereocenters. The summed E-state index contributed by atoms with van der Waals surface area (Å²) in [5.41, 5.74) is 6.36. The third-order valence-electron chi connectivity index (χ3n) is 17.3. The Morgan fingerprint density at radius 3 is 1.27 bits per heavy atom. The van der Waals surface area contributed by atoms with Gasteiger partial charge in [0.1, 0.15) is 0 Å². The highest BCUT2D eigenvalue weighted by molar-refractivity contribution is 7.90. The molecule has 2 saturated heterocycles. The van der Waals surface area contributed by atoms with E-state index in [0.717, 1.165) is 81.1 Å². The number of aromatic nitrogens is 2. The first-order valence-corrected chi connectivity index (χ1v) is 27.0. The number of carbonyl (C=O) groups excluding carboxylic acids is 2. The Labute approximate surface area is 389 Å². The number of nitrogens with zero attached hydrogens (tertiary/aromatic N) is 4. The van der Waals surface area contributed by atoms with Crippen LogP contribution in [-0.2, 0) is 53.6 Å². The molecular weight excluding hydrogens is 865 g/mol. The Kier molecular flexibility index (Phi) is 9.96. The first-order valence-electron chi connectivity index (χ1n) is 24.1. The summed E-state index contributed by atoms with van der Waals surface area (Å²) in [6, 6.07) is 29.9. The molecule has 12 heteroatoms. The van der Waals surface area contributed by atoms with Gasteiger partial charge in [0, 0.05) is 36.7 Å². The van der Waals surface area contributed by atoms with Crippen molar-refractivity contribution in [2.75, 3.05) is 13.1 Å². The Morgan fingerprint density at radius 1 is 0.545 bits per heavy atom. The van der Waals surface area contributed by atoms with Crippen molar-refractivity contribution in [3.63, 3.8) is 0 Å². The molecule has 0 radical (unpaired) electrons.